The van der Waals surface area contributed by atoms with Gasteiger partial charge < -0.3 is 15.1 Å². The van der Waals surface area contributed by atoms with Crippen molar-refractivity contribution >= 4 is 22.8 Å². The van der Waals surface area contributed by atoms with Gasteiger partial charge in [0, 0.05) is 13.1 Å². The summed E-state index contributed by atoms with van der Waals surface area (Å²) in [6, 6.07) is 6.40. The second-order valence-electron chi connectivity index (χ2n) is 6.82. The molecule has 4 heteroatoms. The number of aromatic nitrogens is 1. The molecular formula is C16H23N3O. The lowest BCUT2D eigenvalue weighted by Crippen LogP contribution is -2.38. The van der Waals surface area contributed by atoms with Crippen molar-refractivity contribution in [1.29, 1.82) is 0 Å². The van der Waals surface area contributed by atoms with E-state index in [4.69, 9.17) is 10.2 Å². The summed E-state index contributed by atoms with van der Waals surface area (Å²) < 4.78 is 5.84. The highest BCUT2D eigenvalue weighted by molar-refractivity contribution is 5.86. The molecule has 0 amide bonds. The van der Waals surface area contributed by atoms with Crippen LogP contribution in [0.5, 0.6) is 0 Å². The van der Waals surface area contributed by atoms with Crippen molar-refractivity contribution < 1.29 is 4.42 Å². The number of fused-ring (bicyclic) bond motifs is 1. The number of benzene rings is 1. The highest BCUT2D eigenvalue weighted by atomic mass is 16.4. The summed E-state index contributed by atoms with van der Waals surface area (Å²) in [5.41, 5.74) is 8.56. The molecule has 4 nitrogen and oxygen atoms in total. The quantitative estimate of drug-likeness (QED) is 0.805. The number of para-hydroxylation sites is 1. The molecule has 0 atom stereocenters. The molecular weight excluding hydrogens is 250 g/mol. The molecule has 1 aromatic heterocycles. The zero-order valence-electron chi connectivity index (χ0n) is 12.5. The fourth-order valence-corrected chi connectivity index (χ4v) is 3.03. The maximum absolute atomic E-state index is 5.94. The van der Waals surface area contributed by atoms with Crippen LogP contribution >= 0.6 is 0 Å². The molecule has 0 bridgehead atoms. The van der Waals surface area contributed by atoms with Gasteiger partial charge in [0.1, 0.15) is 5.52 Å². The lowest BCUT2D eigenvalue weighted by Gasteiger charge is -2.38. The number of hydrogen-bond acceptors (Lipinski definition) is 4. The maximum Gasteiger partial charge on any atom is 0.298 e. The topological polar surface area (TPSA) is 55.3 Å². The predicted octanol–water partition coefficient (Wildman–Crippen LogP) is 3.67. The Hall–Kier alpha value is -1.71. The van der Waals surface area contributed by atoms with E-state index in [1.807, 2.05) is 18.2 Å². The van der Waals surface area contributed by atoms with Crippen molar-refractivity contribution in [3.05, 3.63) is 18.2 Å². The molecule has 0 unspecified atom stereocenters. The van der Waals surface area contributed by atoms with Gasteiger partial charge in [-0.25, -0.2) is 0 Å². The molecule has 1 fully saturated rings. The molecule has 0 spiro atoms. The van der Waals surface area contributed by atoms with Crippen molar-refractivity contribution in [2.24, 2.45) is 11.3 Å². The van der Waals surface area contributed by atoms with E-state index in [-0.39, 0.29) is 0 Å². The second kappa shape index (κ2) is 4.69. The van der Waals surface area contributed by atoms with Gasteiger partial charge in [0.05, 0.1) is 5.69 Å². The van der Waals surface area contributed by atoms with Crippen LogP contribution in [0.4, 0.5) is 11.7 Å². The summed E-state index contributed by atoms with van der Waals surface area (Å²) in [5, 5.41) is 0. The van der Waals surface area contributed by atoms with Crippen molar-refractivity contribution in [3.63, 3.8) is 0 Å². The Morgan fingerprint density at radius 2 is 1.95 bits per heavy atom. The molecule has 1 saturated heterocycles. The molecule has 2 heterocycles. The molecule has 0 aliphatic carbocycles. The van der Waals surface area contributed by atoms with Crippen LogP contribution in [0.3, 0.4) is 0 Å². The number of nitrogens with two attached hydrogens (primary N) is 1. The fraction of sp³-hybridized carbons (Fsp3) is 0.562. The van der Waals surface area contributed by atoms with Crippen LogP contribution in [0.25, 0.3) is 11.1 Å². The van der Waals surface area contributed by atoms with E-state index in [9.17, 15) is 0 Å². The van der Waals surface area contributed by atoms with Crippen LogP contribution in [0.2, 0.25) is 0 Å². The SMILES string of the molecule is CC(C)(C)C1CCN(c2nc3c(N)cccc3o2)CC1. The zero-order valence-corrected chi connectivity index (χ0v) is 12.5. The Morgan fingerprint density at radius 3 is 2.55 bits per heavy atom. The van der Waals surface area contributed by atoms with Gasteiger partial charge in [-0.1, -0.05) is 26.8 Å². The number of oxazole rings is 1. The summed E-state index contributed by atoms with van der Waals surface area (Å²) >= 11 is 0. The van der Waals surface area contributed by atoms with Crippen molar-refractivity contribution in [3.8, 4) is 0 Å². The van der Waals surface area contributed by atoms with Crippen LogP contribution in [-0.2, 0) is 0 Å². The largest absolute Gasteiger partial charge is 0.423 e. The lowest BCUT2D eigenvalue weighted by molar-refractivity contribution is 0.197. The van der Waals surface area contributed by atoms with E-state index in [0.717, 1.165) is 30.1 Å². The van der Waals surface area contributed by atoms with Gasteiger partial charge in [0.15, 0.2) is 5.58 Å². The number of piperidine rings is 1. The van der Waals surface area contributed by atoms with Gasteiger partial charge in [0.25, 0.3) is 6.01 Å². The van der Waals surface area contributed by atoms with Crippen LogP contribution in [0, 0.1) is 11.3 Å². The second-order valence-corrected chi connectivity index (χ2v) is 6.82. The third kappa shape index (κ3) is 2.35. The minimum atomic E-state index is 0.387. The maximum atomic E-state index is 5.94. The first-order valence-corrected chi connectivity index (χ1v) is 7.35. The standard InChI is InChI=1S/C16H23N3O/c1-16(2,3)11-7-9-19(10-8-11)15-18-14-12(17)5-4-6-13(14)20-15/h4-6,11H,7-10,17H2,1-3H3. The first-order chi connectivity index (χ1) is 9.45. The molecule has 108 valence electrons. The molecule has 1 aliphatic rings. The number of nitrogens with zero attached hydrogens (tertiary/aromatic N) is 2. The van der Waals surface area contributed by atoms with Crippen molar-refractivity contribution in [2.75, 3.05) is 23.7 Å². The predicted molar refractivity (Wildman–Crippen MR) is 82.8 cm³/mol. The highest BCUT2D eigenvalue weighted by Crippen LogP contribution is 2.36. The monoisotopic (exact) mass is 273 g/mol. The normalized spacial score (nSPS) is 17.9. The van der Waals surface area contributed by atoms with Crippen molar-refractivity contribution in [1.82, 2.24) is 4.98 Å². The summed E-state index contributed by atoms with van der Waals surface area (Å²) in [6.07, 6.45) is 2.38. The van der Waals surface area contributed by atoms with Crippen LogP contribution in [0.15, 0.2) is 22.6 Å². The van der Waals surface area contributed by atoms with Crippen molar-refractivity contribution in [2.45, 2.75) is 33.6 Å². The Bertz CT molecular complexity index is 604. The molecule has 0 saturated carbocycles. The Kier molecular flexibility index (Phi) is 3.11. The summed E-state index contributed by atoms with van der Waals surface area (Å²) in [7, 11) is 0. The summed E-state index contributed by atoms with van der Waals surface area (Å²) in [5.74, 6) is 0.771. The third-order valence-corrected chi connectivity index (χ3v) is 4.43. The molecule has 3 rings (SSSR count). The van der Waals surface area contributed by atoms with Crippen LogP contribution in [-0.4, -0.2) is 18.1 Å². The number of hydrogen-bond donors (Lipinski definition) is 1. The first-order valence-electron chi connectivity index (χ1n) is 7.35. The number of nitrogen functional groups attached to an aromatic ring is 1. The smallest absolute Gasteiger partial charge is 0.298 e. The van der Waals surface area contributed by atoms with Gasteiger partial charge in [0.2, 0.25) is 0 Å². The third-order valence-electron chi connectivity index (χ3n) is 4.43. The van der Waals surface area contributed by atoms with E-state index >= 15 is 0 Å². The van der Waals surface area contributed by atoms with E-state index in [0.29, 0.717) is 17.1 Å². The number of anilines is 2. The molecule has 1 aromatic carbocycles. The van der Waals surface area contributed by atoms with Crippen LogP contribution in [0.1, 0.15) is 33.6 Å². The average Bonchev–Trinajstić information content (AvgIpc) is 2.83. The molecule has 1 aliphatic heterocycles. The fourth-order valence-electron chi connectivity index (χ4n) is 3.03. The molecule has 0 radical (unpaired) electrons. The molecule has 20 heavy (non-hydrogen) atoms. The Balaban J connectivity index is 1.78. The van der Waals surface area contributed by atoms with Gasteiger partial charge in [-0.3, -0.25) is 0 Å². The van der Waals surface area contributed by atoms with E-state index in [1.54, 1.807) is 0 Å². The van der Waals surface area contributed by atoms with Gasteiger partial charge >= 0.3 is 0 Å². The highest BCUT2D eigenvalue weighted by Gasteiger charge is 2.30. The van der Waals surface area contributed by atoms with Crippen LogP contribution < -0.4 is 10.6 Å². The van der Waals surface area contributed by atoms with Gasteiger partial charge in [-0.05, 0) is 36.3 Å². The summed E-state index contributed by atoms with van der Waals surface area (Å²) in [4.78, 5) is 6.80. The minimum Gasteiger partial charge on any atom is -0.423 e. The van der Waals surface area contributed by atoms with E-state index < -0.39 is 0 Å². The lowest BCUT2D eigenvalue weighted by atomic mass is 9.75. The number of rotatable bonds is 1. The average molecular weight is 273 g/mol. The van der Waals surface area contributed by atoms with E-state index in [2.05, 4.69) is 30.7 Å². The Labute approximate surface area is 120 Å². The molecule has 2 aromatic rings. The van der Waals surface area contributed by atoms with Gasteiger partial charge in [-0.15, -0.1) is 0 Å². The van der Waals surface area contributed by atoms with Gasteiger partial charge in [-0.2, -0.15) is 4.98 Å². The first kappa shape index (κ1) is 13.3. The van der Waals surface area contributed by atoms with E-state index in [1.165, 1.54) is 12.8 Å². The zero-order chi connectivity index (χ0) is 14.3. The minimum absolute atomic E-state index is 0.387. The Morgan fingerprint density at radius 1 is 1.25 bits per heavy atom. The summed E-state index contributed by atoms with van der Waals surface area (Å²) in [6.45, 7) is 9.00. The molecule has 2 N–H and O–H groups in total.